The number of nitrogens with one attached hydrogen (secondary N) is 1. The molecule has 0 radical (unpaired) electrons. The number of likely N-dealkylation sites (N-methyl/N-ethyl adjacent to an activating group) is 1. The third-order valence-corrected chi connectivity index (χ3v) is 2.77. The van der Waals surface area contributed by atoms with E-state index in [0.717, 1.165) is 18.8 Å². The minimum atomic E-state index is -0.446. The van der Waals surface area contributed by atoms with Crippen molar-refractivity contribution in [2.75, 3.05) is 13.6 Å². The number of carbonyl (C=O) groups excluding carboxylic acids is 1. The van der Waals surface area contributed by atoms with Crippen LogP contribution in [0.15, 0.2) is 30.6 Å². The lowest BCUT2D eigenvalue weighted by atomic mass is 10.3. The molecule has 2 heterocycles. The van der Waals surface area contributed by atoms with Crippen molar-refractivity contribution in [2.45, 2.75) is 13.1 Å². The van der Waals surface area contributed by atoms with Gasteiger partial charge in [-0.3, -0.25) is 24.8 Å². The van der Waals surface area contributed by atoms with Crippen molar-refractivity contribution in [1.29, 1.82) is 0 Å². The summed E-state index contributed by atoms with van der Waals surface area (Å²) in [5, 5.41) is 7.61. The maximum Gasteiger partial charge on any atom is 0.287 e. The van der Waals surface area contributed by atoms with Crippen molar-refractivity contribution in [3.63, 3.8) is 0 Å². The summed E-state index contributed by atoms with van der Waals surface area (Å²) >= 11 is 0. The SMILES string of the molecule is CN(CCn1cc(C(=O)NN)nn1)Cc1ccccn1. The van der Waals surface area contributed by atoms with Gasteiger partial charge in [-0.2, -0.15) is 0 Å². The van der Waals surface area contributed by atoms with E-state index in [0.29, 0.717) is 6.54 Å². The molecule has 2 rings (SSSR count). The number of nitrogens with zero attached hydrogens (tertiary/aromatic N) is 5. The van der Waals surface area contributed by atoms with Gasteiger partial charge in [-0.25, -0.2) is 5.84 Å². The molecule has 0 saturated carbocycles. The average Bonchev–Trinajstić information content (AvgIpc) is 2.94. The van der Waals surface area contributed by atoms with Crippen LogP contribution >= 0.6 is 0 Å². The number of rotatable bonds is 6. The highest BCUT2D eigenvalue weighted by atomic mass is 16.2. The quantitative estimate of drug-likeness (QED) is 0.415. The van der Waals surface area contributed by atoms with Crippen LogP contribution in [-0.4, -0.2) is 44.4 Å². The number of hydrogen-bond acceptors (Lipinski definition) is 6. The molecule has 0 saturated heterocycles. The molecule has 1 amide bonds. The lowest BCUT2D eigenvalue weighted by molar-refractivity contribution is 0.0948. The largest absolute Gasteiger partial charge is 0.299 e. The fourth-order valence-corrected chi connectivity index (χ4v) is 1.71. The number of pyridine rings is 1. The molecule has 0 aliphatic heterocycles. The molecule has 20 heavy (non-hydrogen) atoms. The normalized spacial score (nSPS) is 10.8. The van der Waals surface area contributed by atoms with Gasteiger partial charge in [-0.15, -0.1) is 5.10 Å². The van der Waals surface area contributed by atoms with Crippen LogP contribution in [0, 0.1) is 0 Å². The van der Waals surface area contributed by atoms with E-state index in [9.17, 15) is 4.79 Å². The predicted octanol–water partition coefficient (Wildman–Crippen LogP) is -0.591. The van der Waals surface area contributed by atoms with Gasteiger partial charge in [0.1, 0.15) is 0 Å². The van der Waals surface area contributed by atoms with E-state index in [1.54, 1.807) is 17.1 Å². The first-order chi connectivity index (χ1) is 9.69. The summed E-state index contributed by atoms with van der Waals surface area (Å²) in [7, 11) is 2.00. The Kier molecular flexibility index (Phi) is 4.75. The van der Waals surface area contributed by atoms with Crippen LogP contribution in [0.1, 0.15) is 16.2 Å². The Morgan fingerprint density at radius 2 is 2.35 bits per heavy atom. The number of aromatic nitrogens is 4. The standard InChI is InChI=1S/C12H17N7O/c1-18(8-10-4-2-3-5-14-10)6-7-19-9-11(16-17-19)12(20)15-13/h2-5,9H,6-8,13H2,1H3,(H,15,20). The second kappa shape index (κ2) is 6.73. The zero-order chi connectivity index (χ0) is 14.4. The summed E-state index contributed by atoms with van der Waals surface area (Å²) in [6.45, 7) is 2.16. The molecular weight excluding hydrogens is 258 g/mol. The summed E-state index contributed by atoms with van der Waals surface area (Å²) in [5.74, 6) is 4.58. The van der Waals surface area contributed by atoms with Gasteiger partial charge >= 0.3 is 0 Å². The summed E-state index contributed by atoms with van der Waals surface area (Å²) in [4.78, 5) is 17.6. The molecule has 0 unspecified atom stereocenters. The molecule has 8 heteroatoms. The Labute approximate surface area is 116 Å². The van der Waals surface area contributed by atoms with Gasteiger partial charge in [-0.1, -0.05) is 11.3 Å². The molecule has 0 aliphatic rings. The molecule has 8 nitrogen and oxygen atoms in total. The van der Waals surface area contributed by atoms with Crippen LogP contribution in [0.2, 0.25) is 0 Å². The van der Waals surface area contributed by atoms with Gasteiger partial charge in [0.15, 0.2) is 5.69 Å². The molecule has 0 atom stereocenters. The van der Waals surface area contributed by atoms with E-state index in [4.69, 9.17) is 5.84 Å². The highest BCUT2D eigenvalue weighted by molar-refractivity contribution is 5.91. The zero-order valence-electron chi connectivity index (χ0n) is 11.2. The lowest BCUT2D eigenvalue weighted by Crippen LogP contribution is -2.30. The Bertz CT molecular complexity index is 554. The summed E-state index contributed by atoms with van der Waals surface area (Å²) in [6.07, 6.45) is 3.34. The van der Waals surface area contributed by atoms with Crippen molar-refractivity contribution in [3.05, 3.63) is 42.0 Å². The van der Waals surface area contributed by atoms with Crippen LogP contribution in [0.3, 0.4) is 0 Å². The van der Waals surface area contributed by atoms with Crippen molar-refractivity contribution in [2.24, 2.45) is 5.84 Å². The number of hydrazine groups is 1. The Morgan fingerprint density at radius 1 is 1.50 bits per heavy atom. The minimum absolute atomic E-state index is 0.208. The summed E-state index contributed by atoms with van der Waals surface area (Å²) < 4.78 is 1.61. The van der Waals surface area contributed by atoms with Gasteiger partial charge < -0.3 is 0 Å². The summed E-state index contributed by atoms with van der Waals surface area (Å²) in [6, 6.07) is 5.84. The molecule has 0 aliphatic carbocycles. The number of amides is 1. The maximum absolute atomic E-state index is 11.2. The second-order valence-electron chi connectivity index (χ2n) is 4.40. The van der Waals surface area contributed by atoms with Gasteiger partial charge in [0.05, 0.1) is 18.4 Å². The molecular formula is C12H17N7O. The van der Waals surface area contributed by atoms with Crippen molar-refractivity contribution >= 4 is 5.91 Å². The lowest BCUT2D eigenvalue weighted by Gasteiger charge is -2.15. The number of carbonyl (C=O) groups is 1. The Balaban J connectivity index is 1.83. The topological polar surface area (TPSA) is 102 Å². The van der Waals surface area contributed by atoms with Crippen molar-refractivity contribution in [3.8, 4) is 0 Å². The highest BCUT2D eigenvalue weighted by Gasteiger charge is 2.09. The van der Waals surface area contributed by atoms with Crippen LogP contribution in [-0.2, 0) is 13.1 Å². The molecule has 106 valence electrons. The summed E-state index contributed by atoms with van der Waals surface area (Å²) in [5.41, 5.74) is 3.24. The van der Waals surface area contributed by atoms with E-state index in [2.05, 4.69) is 20.2 Å². The molecule has 2 aromatic rings. The number of nitrogens with two attached hydrogens (primary N) is 1. The van der Waals surface area contributed by atoms with Crippen LogP contribution in [0.5, 0.6) is 0 Å². The molecule has 0 aromatic carbocycles. The van der Waals surface area contributed by atoms with E-state index < -0.39 is 5.91 Å². The minimum Gasteiger partial charge on any atom is -0.299 e. The van der Waals surface area contributed by atoms with Crippen molar-refractivity contribution in [1.82, 2.24) is 30.3 Å². The number of nitrogen functional groups attached to an aromatic ring is 1. The first kappa shape index (κ1) is 14.1. The third kappa shape index (κ3) is 3.84. The van der Waals surface area contributed by atoms with Crippen LogP contribution < -0.4 is 11.3 Å². The van der Waals surface area contributed by atoms with Gasteiger partial charge in [0.25, 0.3) is 5.91 Å². The van der Waals surface area contributed by atoms with E-state index in [-0.39, 0.29) is 5.69 Å². The predicted molar refractivity (Wildman–Crippen MR) is 72.2 cm³/mol. The molecule has 2 aromatic heterocycles. The molecule has 0 bridgehead atoms. The first-order valence-corrected chi connectivity index (χ1v) is 6.18. The van der Waals surface area contributed by atoms with Crippen molar-refractivity contribution < 1.29 is 4.79 Å². The van der Waals surface area contributed by atoms with Crippen LogP contribution in [0.4, 0.5) is 0 Å². The Morgan fingerprint density at radius 3 is 3.05 bits per heavy atom. The van der Waals surface area contributed by atoms with E-state index in [1.807, 2.05) is 30.7 Å². The fraction of sp³-hybridized carbons (Fsp3) is 0.333. The number of hydrogen-bond donors (Lipinski definition) is 2. The van der Waals surface area contributed by atoms with E-state index >= 15 is 0 Å². The highest BCUT2D eigenvalue weighted by Crippen LogP contribution is 1.99. The monoisotopic (exact) mass is 275 g/mol. The first-order valence-electron chi connectivity index (χ1n) is 6.18. The van der Waals surface area contributed by atoms with Gasteiger partial charge in [0, 0.05) is 19.3 Å². The van der Waals surface area contributed by atoms with Gasteiger partial charge in [0.2, 0.25) is 0 Å². The van der Waals surface area contributed by atoms with Crippen LogP contribution in [0.25, 0.3) is 0 Å². The zero-order valence-corrected chi connectivity index (χ0v) is 11.2. The Hall–Kier alpha value is -2.32. The smallest absolute Gasteiger partial charge is 0.287 e. The molecule has 0 spiro atoms. The third-order valence-electron chi connectivity index (χ3n) is 2.77. The second-order valence-corrected chi connectivity index (χ2v) is 4.40. The molecule has 3 N–H and O–H groups in total. The molecule has 0 fully saturated rings. The van der Waals surface area contributed by atoms with Gasteiger partial charge in [-0.05, 0) is 19.2 Å². The fourth-order valence-electron chi connectivity index (χ4n) is 1.71. The maximum atomic E-state index is 11.2. The van der Waals surface area contributed by atoms with E-state index in [1.165, 1.54) is 0 Å². The average molecular weight is 275 g/mol.